The van der Waals surface area contributed by atoms with Crippen LogP contribution in [0.2, 0.25) is 0 Å². The number of hydrogen-bond acceptors (Lipinski definition) is 6. The molecule has 0 atom stereocenters. The second-order valence-corrected chi connectivity index (χ2v) is 6.64. The number of hydrogen-bond donors (Lipinski definition) is 0. The third-order valence-electron chi connectivity index (χ3n) is 4.76. The SMILES string of the molecule is Fc1ccc(-c2cnnc(N3CCN(CCOc4ccccc4)CC3)n2)cc1. The first-order valence-corrected chi connectivity index (χ1v) is 9.39. The van der Waals surface area contributed by atoms with E-state index in [1.54, 1.807) is 18.3 Å². The van der Waals surface area contributed by atoms with Crippen molar-refractivity contribution in [1.82, 2.24) is 20.1 Å². The molecule has 1 fully saturated rings. The Morgan fingerprint density at radius 3 is 2.43 bits per heavy atom. The van der Waals surface area contributed by atoms with E-state index in [1.165, 1.54) is 12.1 Å². The quantitative estimate of drug-likeness (QED) is 0.657. The van der Waals surface area contributed by atoms with Crippen LogP contribution in [0.25, 0.3) is 11.3 Å². The summed E-state index contributed by atoms with van der Waals surface area (Å²) in [5.41, 5.74) is 1.53. The molecule has 0 aliphatic carbocycles. The van der Waals surface area contributed by atoms with Crippen molar-refractivity contribution in [3.8, 4) is 17.0 Å². The lowest BCUT2D eigenvalue weighted by atomic mass is 10.2. The van der Waals surface area contributed by atoms with Crippen LogP contribution in [0.3, 0.4) is 0 Å². The summed E-state index contributed by atoms with van der Waals surface area (Å²) in [7, 11) is 0. The van der Waals surface area contributed by atoms with Gasteiger partial charge in [0, 0.05) is 38.3 Å². The molecule has 6 nitrogen and oxygen atoms in total. The highest BCUT2D eigenvalue weighted by Gasteiger charge is 2.19. The largest absolute Gasteiger partial charge is 0.492 e. The molecule has 2 heterocycles. The van der Waals surface area contributed by atoms with Gasteiger partial charge in [-0.3, -0.25) is 4.90 Å². The number of rotatable bonds is 6. The number of para-hydroxylation sites is 1. The fraction of sp³-hybridized carbons (Fsp3) is 0.286. The number of aromatic nitrogens is 3. The molecule has 4 rings (SSSR count). The van der Waals surface area contributed by atoms with E-state index in [-0.39, 0.29) is 5.82 Å². The Bertz CT molecular complexity index is 883. The molecule has 0 spiro atoms. The molecule has 1 aliphatic rings. The molecule has 3 aromatic rings. The third kappa shape index (κ3) is 4.61. The Balaban J connectivity index is 1.30. The maximum absolute atomic E-state index is 13.1. The van der Waals surface area contributed by atoms with Gasteiger partial charge in [0.15, 0.2) is 0 Å². The molecular formula is C21H22FN5O. The minimum Gasteiger partial charge on any atom is -0.492 e. The summed E-state index contributed by atoms with van der Waals surface area (Å²) in [6.45, 7) is 5.06. The minimum atomic E-state index is -0.265. The van der Waals surface area contributed by atoms with E-state index in [1.807, 2.05) is 30.3 Å². The fourth-order valence-corrected chi connectivity index (χ4v) is 3.17. The van der Waals surface area contributed by atoms with Crippen LogP contribution < -0.4 is 9.64 Å². The van der Waals surface area contributed by atoms with Gasteiger partial charge in [-0.25, -0.2) is 9.37 Å². The Morgan fingerprint density at radius 2 is 1.68 bits per heavy atom. The summed E-state index contributed by atoms with van der Waals surface area (Å²) in [4.78, 5) is 9.12. The maximum atomic E-state index is 13.1. The Morgan fingerprint density at radius 1 is 0.929 bits per heavy atom. The zero-order valence-electron chi connectivity index (χ0n) is 15.5. The standard InChI is InChI=1S/C21H22FN5O/c22-18-8-6-17(7-9-18)20-16-23-25-21(24-20)27-12-10-26(11-13-27)14-15-28-19-4-2-1-3-5-19/h1-9,16H,10-15H2. The van der Waals surface area contributed by atoms with Crippen LogP contribution >= 0.6 is 0 Å². The molecule has 1 aliphatic heterocycles. The Labute approximate surface area is 163 Å². The third-order valence-corrected chi connectivity index (χ3v) is 4.76. The molecule has 0 unspecified atom stereocenters. The van der Waals surface area contributed by atoms with Crippen molar-refractivity contribution >= 4 is 5.95 Å². The van der Waals surface area contributed by atoms with Crippen LogP contribution in [-0.2, 0) is 0 Å². The second kappa shape index (κ2) is 8.75. The van der Waals surface area contributed by atoms with Crippen molar-refractivity contribution < 1.29 is 9.13 Å². The summed E-state index contributed by atoms with van der Waals surface area (Å²) in [6.07, 6.45) is 1.61. The average Bonchev–Trinajstić information content (AvgIpc) is 2.76. The van der Waals surface area contributed by atoms with Gasteiger partial charge in [0.1, 0.15) is 18.2 Å². The van der Waals surface area contributed by atoms with Crippen LogP contribution in [0.5, 0.6) is 5.75 Å². The fourth-order valence-electron chi connectivity index (χ4n) is 3.17. The van der Waals surface area contributed by atoms with E-state index in [2.05, 4.69) is 25.0 Å². The normalized spacial score (nSPS) is 14.8. The average molecular weight is 379 g/mol. The van der Waals surface area contributed by atoms with Crippen molar-refractivity contribution in [1.29, 1.82) is 0 Å². The van der Waals surface area contributed by atoms with Crippen LogP contribution in [0.4, 0.5) is 10.3 Å². The highest BCUT2D eigenvalue weighted by atomic mass is 19.1. The van der Waals surface area contributed by atoms with E-state index in [0.717, 1.165) is 44.0 Å². The van der Waals surface area contributed by atoms with Gasteiger partial charge >= 0.3 is 0 Å². The van der Waals surface area contributed by atoms with Gasteiger partial charge in [0.2, 0.25) is 5.95 Å². The Kier molecular flexibility index (Phi) is 5.72. The van der Waals surface area contributed by atoms with Gasteiger partial charge < -0.3 is 9.64 Å². The molecule has 0 radical (unpaired) electrons. The van der Waals surface area contributed by atoms with Gasteiger partial charge in [-0.2, -0.15) is 5.10 Å². The summed E-state index contributed by atoms with van der Waals surface area (Å²) in [5, 5.41) is 8.26. The first-order chi connectivity index (χ1) is 13.8. The van der Waals surface area contributed by atoms with Gasteiger partial charge in [0.25, 0.3) is 0 Å². The van der Waals surface area contributed by atoms with Gasteiger partial charge in [-0.15, -0.1) is 5.10 Å². The molecule has 1 aromatic heterocycles. The highest BCUT2D eigenvalue weighted by molar-refractivity contribution is 5.59. The lowest BCUT2D eigenvalue weighted by molar-refractivity contribution is 0.200. The molecule has 0 N–H and O–H groups in total. The molecule has 28 heavy (non-hydrogen) atoms. The summed E-state index contributed by atoms with van der Waals surface area (Å²) < 4.78 is 18.9. The molecule has 1 saturated heterocycles. The molecule has 0 bridgehead atoms. The van der Waals surface area contributed by atoms with Crippen LogP contribution in [0, 0.1) is 5.82 Å². The smallest absolute Gasteiger partial charge is 0.245 e. The van der Waals surface area contributed by atoms with Crippen LogP contribution in [0.15, 0.2) is 60.8 Å². The predicted octanol–water partition coefficient (Wildman–Crippen LogP) is 2.88. The van der Waals surface area contributed by atoms with Crippen LogP contribution in [-0.4, -0.2) is 59.4 Å². The van der Waals surface area contributed by atoms with E-state index in [0.29, 0.717) is 18.2 Å². The van der Waals surface area contributed by atoms with Crippen molar-refractivity contribution in [3.05, 3.63) is 66.6 Å². The summed E-state index contributed by atoms with van der Waals surface area (Å²) in [5.74, 6) is 1.25. The van der Waals surface area contributed by atoms with Crippen molar-refractivity contribution in [2.45, 2.75) is 0 Å². The number of nitrogens with zero attached hydrogens (tertiary/aromatic N) is 5. The van der Waals surface area contributed by atoms with Crippen molar-refractivity contribution in [2.24, 2.45) is 0 Å². The van der Waals surface area contributed by atoms with E-state index < -0.39 is 0 Å². The first-order valence-electron chi connectivity index (χ1n) is 9.39. The number of halogens is 1. The lowest BCUT2D eigenvalue weighted by Crippen LogP contribution is -2.48. The topological polar surface area (TPSA) is 54.4 Å². The molecule has 0 amide bonds. The van der Waals surface area contributed by atoms with Crippen molar-refractivity contribution in [3.63, 3.8) is 0 Å². The van der Waals surface area contributed by atoms with E-state index in [4.69, 9.17) is 4.74 Å². The predicted molar refractivity (Wildman–Crippen MR) is 106 cm³/mol. The first kappa shape index (κ1) is 18.3. The molecule has 7 heteroatoms. The number of piperazine rings is 1. The monoisotopic (exact) mass is 379 g/mol. The number of ether oxygens (including phenoxy) is 1. The van der Waals surface area contributed by atoms with Gasteiger partial charge in [0.05, 0.1) is 11.9 Å². The van der Waals surface area contributed by atoms with E-state index >= 15 is 0 Å². The highest BCUT2D eigenvalue weighted by Crippen LogP contribution is 2.19. The Hall–Kier alpha value is -3.06. The second-order valence-electron chi connectivity index (χ2n) is 6.64. The zero-order chi connectivity index (χ0) is 19.2. The number of anilines is 1. The summed E-state index contributed by atoms with van der Waals surface area (Å²) >= 11 is 0. The van der Waals surface area contributed by atoms with Crippen molar-refractivity contribution in [2.75, 3.05) is 44.2 Å². The van der Waals surface area contributed by atoms with Crippen LogP contribution in [0.1, 0.15) is 0 Å². The molecule has 2 aromatic carbocycles. The van der Waals surface area contributed by atoms with Gasteiger partial charge in [-0.05, 0) is 36.4 Å². The molecular weight excluding hydrogens is 357 g/mol. The number of benzene rings is 2. The maximum Gasteiger partial charge on any atom is 0.245 e. The van der Waals surface area contributed by atoms with Gasteiger partial charge in [-0.1, -0.05) is 18.2 Å². The molecule has 144 valence electrons. The van der Waals surface area contributed by atoms with E-state index in [9.17, 15) is 4.39 Å². The minimum absolute atomic E-state index is 0.265. The lowest BCUT2D eigenvalue weighted by Gasteiger charge is -2.34. The summed E-state index contributed by atoms with van der Waals surface area (Å²) in [6, 6.07) is 16.1. The molecule has 0 saturated carbocycles. The zero-order valence-corrected chi connectivity index (χ0v) is 15.5.